The van der Waals surface area contributed by atoms with E-state index in [4.69, 9.17) is 9.47 Å². The van der Waals surface area contributed by atoms with Crippen LogP contribution < -0.4 is 10.3 Å². The topological polar surface area (TPSA) is 98.2 Å². The number of nitrogens with zero attached hydrogens (tertiary/aromatic N) is 5. The highest BCUT2D eigenvalue weighted by atomic mass is 16.5. The van der Waals surface area contributed by atoms with Gasteiger partial charge in [0.1, 0.15) is 5.75 Å². The highest BCUT2D eigenvalue weighted by Gasteiger charge is 2.36. The molecule has 1 aliphatic heterocycles. The molecule has 9 heteroatoms. The summed E-state index contributed by atoms with van der Waals surface area (Å²) in [7, 11) is 0. The lowest BCUT2D eigenvalue weighted by atomic mass is 9.97. The number of pyridine rings is 1. The van der Waals surface area contributed by atoms with Crippen LogP contribution in [0.25, 0.3) is 10.9 Å². The van der Waals surface area contributed by atoms with Gasteiger partial charge in [-0.2, -0.15) is 0 Å². The van der Waals surface area contributed by atoms with E-state index in [1.54, 1.807) is 0 Å². The molecule has 1 aromatic carbocycles. The molecule has 1 saturated heterocycles. The molecule has 0 radical (unpaired) electrons. The first-order chi connectivity index (χ1) is 17.5. The molecular formula is C27H38N6O3. The molecule has 2 unspecified atom stereocenters. The largest absolute Gasteiger partial charge is 0.494 e. The van der Waals surface area contributed by atoms with Crippen LogP contribution in [0.3, 0.4) is 0 Å². The zero-order valence-corrected chi connectivity index (χ0v) is 21.7. The van der Waals surface area contributed by atoms with Crippen LogP contribution in [0.2, 0.25) is 0 Å². The summed E-state index contributed by atoms with van der Waals surface area (Å²) < 4.78 is 13.5. The van der Waals surface area contributed by atoms with Gasteiger partial charge in [0.05, 0.1) is 25.3 Å². The number of aromatic nitrogens is 5. The second-order valence-electron chi connectivity index (χ2n) is 10.5. The minimum absolute atomic E-state index is 0.00522. The zero-order valence-electron chi connectivity index (χ0n) is 21.7. The predicted octanol–water partition coefficient (Wildman–Crippen LogP) is 4.23. The molecule has 0 bridgehead atoms. The SMILES string of the molecule is CCOc1ccc2[nH]c(=O)c(CN(C3CCCC3)C(c3nnnn3CC3CCCO3)C(C)C)cc2c1. The van der Waals surface area contributed by atoms with Crippen LogP contribution in [0.4, 0.5) is 0 Å². The molecule has 0 amide bonds. The summed E-state index contributed by atoms with van der Waals surface area (Å²) in [4.78, 5) is 18.8. The fourth-order valence-corrected chi connectivity index (χ4v) is 5.86. The zero-order chi connectivity index (χ0) is 25.1. The Morgan fingerprint density at radius 3 is 2.75 bits per heavy atom. The number of aromatic amines is 1. The Bertz CT molecular complexity index is 1210. The van der Waals surface area contributed by atoms with Crippen molar-refractivity contribution in [3.05, 3.63) is 46.0 Å². The minimum Gasteiger partial charge on any atom is -0.494 e. The fraction of sp³-hybridized carbons (Fsp3) is 0.630. The summed E-state index contributed by atoms with van der Waals surface area (Å²) in [5.41, 5.74) is 1.53. The molecule has 1 aliphatic carbocycles. The van der Waals surface area contributed by atoms with Crippen molar-refractivity contribution in [2.24, 2.45) is 5.92 Å². The van der Waals surface area contributed by atoms with Crippen LogP contribution >= 0.6 is 0 Å². The first kappa shape index (κ1) is 24.9. The number of nitrogens with one attached hydrogen (secondary N) is 1. The lowest BCUT2D eigenvalue weighted by molar-refractivity contribution is 0.0718. The lowest BCUT2D eigenvalue weighted by Crippen LogP contribution is -2.41. The standard InChI is InChI=1S/C27H38N6O3/c1-4-35-22-11-12-24-19(15-22)14-20(27(34)28-24)16-32(21-8-5-6-9-21)25(18(2)3)26-29-30-31-33(26)17-23-10-7-13-36-23/h11-12,14-15,18,21,23,25H,4-10,13,16-17H2,1-3H3,(H,28,34). The molecular weight excluding hydrogens is 456 g/mol. The normalized spacial score (nSPS) is 19.6. The molecule has 1 saturated carbocycles. The maximum atomic E-state index is 13.2. The molecule has 9 nitrogen and oxygen atoms in total. The minimum atomic E-state index is -0.0453. The molecule has 2 aliphatic rings. The first-order valence-electron chi connectivity index (χ1n) is 13.5. The molecule has 1 N–H and O–H groups in total. The summed E-state index contributed by atoms with van der Waals surface area (Å²) in [6.45, 7) is 9.03. The molecule has 194 valence electrons. The van der Waals surface area contributed by atoms with Gasteiger partial charge in [-0.25, -0.2) is 4.68 Å². The lowest BCUT2D eigenvalue weighted by Gasteiger charge is -2.38. The van der Waals surface area contributed by atoms with Crippen LogP contribution in [-0.4, -0.2) is 55.5 Å². The van der Waals surface area contributed by atoms with E-state index >= 15 is 0 Å². The molecule has 3 aromatic rings. The third kappa shape index (κ3) is 5.32. The molecule has 2 aromatic heterocycles. The predicted molar refractivity (Wildman–Crippen MR) is 138 cm³/mol. The second kappa shape index (κ2) is 11.1. The van der Waals surface area contributed by atoms with E-state index in [0.717, 1.165) is 60.3 Å². The van der Waals surface area contributed by atoms with Crippen molar-refractivity contribution in [2.75, 3.05) is 13.2 Å². The Kier molecular flexibility index (Phi) is 7.67. The van der Waals surface area contributed by atoms with Gasteiger partial charge in [-0.15, -0.1) is 5.10 Å². The first-order valence-corrected chi connectivity index (χ1v) is 13.5. The Hall–Kier alpha value is -2.78. The second-order valence-corrected chi connectivity index (χ2v) is 10.5. The van der Waals surface area contributed by atoms with E-state index in [-0.39, 0.29) is 23.6 Å². The Morgan fingerprint density at radius 2 is 2.03 bits per heavy atom. The van der Waals surface area contributed by atoms with Crippen molar-refractivity contribution in [1.29, 1.82) is 0 Å². The van der Waals surface area contributed by atoms with Gasteiger partial charge >= 0.3 is 0 Å². The van der Waals surface area contributed by atoms with Gasteiger partial charge in [0, 0.05) is 35.7 Å². The van der Waals surface area contributed by atoms with Gasteiger partial charge in [0.15, 0.2) is 5.82 Å². The summed E-state index contributed by atoms with van der Waals surface area (Å²) in [6, 6.07) is 8.21. The summed E-state index contributed by atoms with van der Waals surface area (Å²) in [5, 5.41) is 13.9. The van der Waals surface area contributed by atoms with Crippen LogP contribution in [0.5, 0.6) is 5.75 Å². The van der Waals surface area contributed by atoms with E-state index in [1.807, 2.05) is 35.9 Å². The maximum absolute atomic E-state index is 13.2. The van der Waals surface area contributed by atoms with Crippen LogP contribution in [0.1, 0.15) is 76.7 Å². The third-order valence-electron chi connectivity index (χ3n) is 7.56. The summed E-state index contributed by atoms with van der Waals surface area (Å²) in [6.07, 6.45) is 6.93. The van der Waals surface area contributed by atoms with Crippen molar-refractivity contribution >= 4 is 10.9 Å². The average Bonchev–Trinajstić information content (AvgIpc) is 3.64. The monoisotopic (exact) mass is 494 g/mol. The van der Waals surface area contributed by atoms with Gasteiger partial charge in [-0.1, -0.05) is 26.7 Å². The van der Waals surface area contributed by atoms with E-state index in [1.165, 1.54) is 12.8 Å². The van der Waals surface area contributed by atoms with E-state index in [9.17, 15) is 4.79 Å². The fourth-order valence-electron chi connectivity index (χ4n) is 5.86. The van der Waals surface area contributed by atoms with Crippen molar-refractivity contribution in [1.82, 2.24) is 30.1 Å². The summed E-state index contributed by atoms with van der Waals surface area (Å²) in [5.74, 6) is 1.94. The smallest absolute Gasteiger partial charge is 0.252 e. The number of fused-ring (bicyclic) bond motifs is 1. The number of H-pyrrole nitrogens is 1. The number of hydrogen-bond donors (Lipinski definition) is 1. The number of benzene rings is 1. The average molecular weight is 495 g/mol. The van der Waals surface area contributed by atoms with E-state index in [2.05, 4.69) is 39.3 Å². The van der Waals surface area contributed by atoms with Crippen molar-refractivity contribution < 1.29 is 9.47 Å². The Labute approximate surface area is 212 Å². The Balaban J connectivity index is 1.50. The van der Waals surface area contributed by atoms with Gasteiger partial charge in [0.25, 0.3) is 5.56 Å². The van der Waals surface area contributed by atoms with Crippen molar-refractivity contribution in [2.45, 2.75) is 90.6 Å². The molecule has 2 fully saturated rings. The number of rotatable bonds is 10. The number of ether oxygens (including phenoxy) is 2. The van der Waals surface area contributed by atoms with Crippen molar-refractivity contribution in [3.63, 3.8) is 0 Å². The molecule has 0 spiro atoms. The molecule has 36 heavy (non-hydrogen) atoms. The van der Waals surface area contributed by atoms with Gasteiger partial charge in [-0.3, -0.25) is 9.69 Å². The Morgan fingerprint density at radius 1 is 1.19 bits per heavy atom. The number of tetrazole rings is 1. The van der Waals surface area contributed by atoms with E-state index < -0.39 is 0 Å². The summed E-state index contributed by atoms with van der Waals surface area (Å²) >= 11 is 0. The van der Waals surface area contributed by atoms with Gasteiger partial charge < -0.3 is 14.5 Å². The quantitative estimate of drug-likeness (QED) is 0.450. The van der Waals surface area contributed by atoms with Crippen molar-refractivity contribution in [3.8, 4) is 5.75 Å². The van der Waals surface area contributed by atoms with Crippen LogP contribution in [-0.2, 0) is 17.8 Å². The van der Waals surface area contributed by atoms with Crippen LogP contribution in [0.15, 0.2) is 29.1 Å². The highest BCUT2D eigenvalue weighted by Crippen LogP contribution is 2.36. The van der Waals surface area contributed by atoms with E-state index in [0.29, 0.717) is 25.7 Å². The van der Waals surface area contributed by atoms with Crippen LogP contribution in [0, 0.1) is 5.92 Å². The van der Waals surface area contributed by atoms with Gasteiger partial charge in [0.2, 0.25) is 0 Å². The number of hydrogen-bond acceptors (Lipinski definition) is 7. The third-order valence-corrected chi connectivity index (χ3v) is 7.56. The molecule has 2 atom stereocenters. The molecule has 5 rings (SSSR count). The van der Waals surface area contributed by atoms with Gasteiger partial charge in [-0.05, 0) is 73.2 Å². The maximum Gasteiger partial charge on any atom is 0.252 e. The molecule has 3 heterocycles. The highest BCUT2D eigenvalue weighted by molar-refractivity contribution is 5.80.